The zero-order chi connectivity index (χ0) is 14.4. The van der Waals surface area contributed by atoms with Crippen LogP contribution in [0.5, 0.6) is 0 Å². The Bertz CT molecular complexity index is 501. The third kappa shape index (κ3) is 4.58. The quantitative estimate of drug-likeness (QED) is 0.802. The van der Waals surface area contributed by atoms with Crippen LogP contribution in [0.15, 0.2) is 30.3 Å². The number of benzene rings is 1. The number of sulfonamides is 1. The molecule has 0 amide bonds. The summed E-state index contributed by atoms with van der Waals surface area (Å²) in [4.78, 5) is 0. The van der Waals surface area contributed by atoms with Gasteiger partial charge in [0.1, 0.15) is 0 Å². The van der Waals surface area contributed by atoms with Gasteiger partial charge in [-0.05, 0) is 36.7 Å². The topological polar surface area (TPSA) is 66.4 Å². The van der Waals surface area contributed by atoms with Crippen molar-refractivity contribution in [3.8, 4) is 0 Å². The van der Waals surface area contributed by atoms with Gasteiger partial charge < -0.3 is 5.11 Å². The highest BCUT2D eigenvalue weighted by Gasteiger charge is 2.27. The van der Waals surface area contributed by atoms with Crippen LogP contribution in [0.2, 0.25) is 0 Å². The van der Waals surface area contributed by atoms with Crippen LogP contribution in [0.3, 0.4) is 0 Å². The maximum Gasteiger partial charge on any atom is 0.211 e. The first-order valence-electron chi connectivity index (χ1n) is 7.23. The molecule has 0 radical (unpaired) electrons. The molecule has 1 fully saturated rings. The third-order valence-electron chi connectivity index (χ3n) is 4.12. The van der Waals surface area contributed by atoms with Crippen LogP contribution < -0.4 is 4.72 Å². The second kappa shape index (κ2) is 7.20. The molecule has 1 saturated carbocycles. The smallest absolute Gasteiger partial charge is 0.211 e. The van der Waals surface area contributed by atoms with Gasteiger partial charge in [0.2, 0.25) is 10.0 Å². The van der Waals surface area contributed by atoms with E-state index in [0.717, 1.165) is 24.8 Å². The molecule has 2 unspecified atom stereocenters. The summed E-state index contributed by atoms with van der Waals surface area (Å²) in [6.45, 7) is 0.624. The maximum atomic E-state index is 12.0. The van der Waals surface area contributed by atoms with E-state index in [1.807, 2.05) is 30.3 Å². The van der Waals surface area contributed by atoms with Gasteiger partial charge >= 0.3 is 0 Å². The van der Waals surface area contributed by atoms with Crippen molar-refractivity contribution < 1.29 is 13.5 Å². The number of rotatable bonds is 7. The number of aryl methyl sites for hydroxylation is 1. The van der Waals surface area contributed by atoms with Crippen LogP contribution in [0.25, 0.3) is 0 Å². The molecule has 2 N–H and O–H groups in total. The van der Waals surface area contributed by atoms with Gasteiger partial charge in [-0.25, -0.2) is 13.1 Å². The SMILES string of the molecule is O=S(=O)(CCc1ccccc1)NCC1CCCC1CO. The van der Waals surface area contributed by atoms with E-state index in [9.17, 15) is 13.5 Å². The van der Waals surface area contributed by atoms with Crippen molar-refractivity contribution in [2.45, 2.75) is 25.7 Å². The standard InChI is InChI=1S/C15H23NO3S/c17-12-15-8-4-7-14(15)11-16-20(18,19)10-9-13-5-2-1-3-6-13/h1-3,5-6,14-17H,4,7-12H2. The summed E-state index contributed by atoms with van der Waals surface area (Å²) in [6, 6.07) is 9.63. The second-order valence-electron chi connectivity index (χ2n) is 5.54. The molecular weight excluding hydrogens is 274 g/mol. The lowest BCUT2D eigenvalue weighted by atomic mass is 9.97. The van der Waals surface area contributed by atoms with Gasteiger partial charge in [0.05, 0.1) is 5.75 Å². The molecular formula is C15H23NO3S. The lowest BCUT2D eigenvalue weighted by Gasteiger charge is -2.17. The molecule has 4 nitrogen and oxygen atoms in total. The van der Waals surface area contributed by atoms with Crippen molar-refractivity contribution in [1.82, 2.24) is 4.72 Å². The van der Waals surface area contributed by atoms with E-state index in [0.29, 0.717) is 13.0 Å². The molecule has 0 aliphatic heterocycles. The average molecular weight is 297 g/mol. The summed E-state index contributed by atoms with van der Waals surface area (Å²) >= 11 is 0. The molecule has 0 heterocycles. The van der Waals surface area contributed by atoms with Gasteiger partial charge in [0.15, 0.2) is 0 Å². The minimum Gasteiger partial charge on any atom is -0.396 e. The Morgan fingerprint density at radius 2 is 1.85 bits per heavy atom. The molecule has 5 heteroatoms. The van der Waals surface area contributed by atoms with Crippen LogP contribution >= 0.6 is 0 Å². The first-order chi connectivity index (χ1) is 9.61. The Morgan fingerprint density at radius 1 is 1.15 bits per heavy atom. The van der Waals surface area contributed by atoms with Gasteiger partial charge in [-0.1, -0.05) is 36.8 Å². The largest absolute Gasteiger partial charge is 0.396 e. The second-order valence-corrected chi connectivity index (χ2v) is 7.46. The van der Waals surface area contributed by atoms with E-state index >= 15 is 0 Å². The van der Waals surface area contributed by atoms with Gasteiger partial charge in [0, 0.05) is 13.2 Å². The third-order valence-corrected chi connectivity index (χ3v) is 5.47. The van der Waals surface area contributed by atoms with Gasteiger partial charge in [-0.15, -0.1) is 0 Å². The number of nitrogens with one attached hydrogen (secondary N) is 1. The monoisotopic (exact) mass is 297 g/mol. The molecule has 1 aliphatic carbocycles. The predicted molar refractivity (Wildman–Crippen MR) is 79.9 cm³/mol. The van der Waals surface area contributed by atoms with Crippen molar-refractivity contribution >= 4 is 10.0 Å². The Kier molecular flexibility index (Phi) is 5.57. The molecule has 0 bridgehead atoms. The number of aliphatic hydroxyl groups excluding tert-OH is 1. The van der Waals surface area contributed by atoms with Crippen molar-refractivity contribution in [2.24, 2.45) is 11.8 Å². The van der Waals surface area contributed by atoms with E-state index in [-0.39, 0.29) is 24.2 Å². The summed E-state index contributed by atoms with van der Waals surface area (Å²) in [5.41, 5.74) is 1.03. The molecule has 112 valence electrons. The normalized spacial score (nSPS) is 23.1. The molecule has 1 aliphatic rings. The Morgan fingerprint density at radius 3 is 2.55 bits per heavy atom. The summed E-state index contributed by atoms with van der Waals surface area (Å²) < 4.78 is 26.7. The van der Waals surface area contributed by atoms with Crippen molar-refractivity contribution in [1.29, 1.82) is 0 Å². The van der Waals surface area contributed by atoms with E-state index in [4.69, 9.17) is 0 Å². The number of hydrogen-bond donors (Lipinski definition) is 2. The minimum absolute atomic E-state index is 0.119. The van der Waals surface area contributed by atoms with E-state index in [2.05, 4.69) is 4.72 Å². The van der Waals surface area contributed by atoms with Crippen molar-refractivity contribution in [3.05, 3.63) is 35.9 Å². The van der Waals surface area contributed by atoms with Gasteiger partial charge in [-0.2, -0.15) is 0 Å². The zero-order valence-corrected chi connectivity index (χ0v) is 12.5. The Labute approximate surface area is 121 Å². The van der Waals surface area contributed by atoms with Crippen LogP contribution in [-0.2, 0) is 16.4 Å². The highest BCUT2D eigenvalue weighted by molar-refractivity contribution is 7.89. The molecule has 20 heavy (non-hydrogen) atoms. The maximum absolute atomic E-state index is 12.0. The fourth-order valence-corrected chi connectivity index (χ4v) is 3.94. The summed E-state index contributed by atoms with van der Waals surface area (Å²) in [7, 11) is -3.23. The highest BCUT2D eigenvalue weighted by Crippen LogP contribution is 2.30. The minimum atomic E-state index is -3.23. The van der Waals surface area contributed by atoms with Crippen molar-refractivity contribution in [2.75, 3.05) is 18.9 Å². The first kappa shape index (κ1) is 15.5. The summed E-state index contributed by atoms with van der Waals surface area (Å²) in [5, 5.41) is 9.24. The molecule has 2 rings (SSSR count). The molecule has 1 aromatic rings. The molecule has 0 spiro atoms. The lowest BCUT2D eigenvalue weighted by molar-refractivity contribution is 0.195. The molecule has 2 atom stereocenters. The van der Waals surface area contributed by atoms with Gasteiger partial charge in [-0.3, -0.25) is 0 Å². The summed E-state index contributed by atoms with van der Waals surface area (Å²) in [6.07, 6.45) is 3.63. The van der Waals surface area contributed by atoms with Crippen LogP contribution in [0, 0.1) is 11.8 Å². The van der Waals surface area contributed by atoms with Crippen LogP contribution in [0.4, 0.5) is 0 Å². The number of aliphatic hydroxyl groups is 1. The van der Waals surface area contributed by atoms with E-state index in [1.54, 1.807) is 0 Å². The molecule has 0 saturated heterocycles. The molecule has 0 aromatic heterocycles. The van der Waals surface area contributed by atoms with Gasteiger partial charge in [0.25, 0.3) is 0 Å². The zero-order valence-electron chi connectivity index (χ0n) is 11.7. The Hall–Kier alpha value is -0.910. The first-order valence-corrected chi connectivity index (χ1v) is 8.88. The predicted octanol–water partition coefficient (Wildman–Crippen LogP) is 1.56. The van der Waals surface area contributed by atoms with Crippen LogP contribution in [-0.4, -0.2) is 32.4 Å². The fraction of sp³-hybridized carbons (Fsp3) is 0.600. The average Bonchev–Trinajstić information content (AvgIpc) is 2.92. The highest BCUT2D eigenvalue weighted by atomic mass is 32.2. The van der Waals surface area contributed by atoms with E-state index < -0.39 is 10.0 Å². The lowest BCUT2D eigenvalue weighted by Crippen LogP contribution is -2.33. The number of hydrogen-bond acceptors (Lipinski definition) is 3. The van der Waals surface area contributed by atoms with E-state index in [1.165, 1.54) is 0 Å². The fourth-order valence-electron chi connectivity index (χ4n) is 2.83. The molecule has 1 aromatic carbocycles. The Balaban J connectivity index is 1.79. The van der Waals surface area contributed by atoms with Crippen LogP contribution in [0.1, 0.15) is 24.8 Å². The summed E-state index contributed by atoms with van der Waals surface area (Å²) in [5.74, 6) is 0.659. The van der Waals surface area contributed by atoms with Crippen molar-refractivity contribution in [3.63, 3.8) is 0 Å².